The molecular weight excluding hydrogens is 514 g/mol. The summed E-state index contributed by atoms with van der Waals surface area (Å²) in [4.78, 5) is 40.3. The van der Waals surface area contributed by atoms with Gasteiger partial charge in [-0.1, -0.05) is 28.1 Å². The lowest BCUT2D eigenvalue weighted by atomic mass is 10.1. The molecule has 2 aromatic heterocycles. The number of nitrogens with one attached hydrogen (secondary N) is 5. The monoisotopic (exact) mass is 537 g/mol. The molecule has 0 spiro atoms. The van der Waals surface area contributed by atoms with Gasteiger partial charge in [0.05, 0.1) is 11.8 Å². The predicted octanol–water partition coefficient (Wildman–Crippen LogP) is 3.99. The molecule has 0 unspecified atom stereocenters. The number of hydrogen-bond acceptors (Lipinski definition) is 6. The quantitative estimate of drug-likeness (QED) is 0.252. The van der Waals surface area contributed by atoms with Gasteiger partial charge < -0.3 is 25.3 Å². The lowest BCUT2D eigenvalue weighted by Gasteiger charge is -2.23. The Labute approximate surface area is 209 Å². The molecule has 4 aromatic rings. The van der Waals surface area contributed by atoms with E-state index >= 15 is 0 Å². The minimum absolute atomic E-state index is 0.0204. The normalized spacial score (nSPS) is 14.1. The second-order valence-corrected chi connectivity index (χ2v) is 9.21. The Hall–Kier alpha value is -3.70. The molecule has 1 saturated heterocycles. The lowest BCUT2D eigenvalue weighted by Crippen LogP contribution is -2.34. The fourth-order valence-corrected chi connectivity index (χ4v) is 4.33. The first kappa shape index (κ1) is 23.1. The molecule has 180 valence electrons. The summed E-state index contributed by atoms with van der Waals surface area (Å²) < 4.78 is 7.00. The topological polar surface area (TPSA) is 137 Å². The van der Waals surface area contributed by atoms with Crippen LogP contribution in [0.2, 0.25) is 0 Å². The maximum absolute atomic E-state index is 13.0. The number of aromatic nitrogens is 4. The molecule has 3 heterocycles. The number of hydrogen-bond donors (Lipinski definition) is 5. The third-order valence-corrected chi connectivity index (χ3v) is 6.31. The SMILES string of the molecule is Cc1ccc(Br)cc1NC(=O)c1nc[nH]c1C(=O)Nc1nc2c(OC3CCNCC3)cccc2[nH]1. The van der Waals surface area contributed by atoms with Crippen LogP contribution in [0.5, 0.6) is 5.75 Å². The average molecular weight is 538 g/mol. The molecule has 0 bridgehead atoms. The van der Waals surface area contributed by atoms with Crippen molar-refractivity contribution in [2.45, 2.75) is 25.9 Å². The van der Waals surface area contributed by atoms with E-state index in [1.807, 2.05) is 37.3 Å². The Bertz CT molecular complexity index is 1390. The summed E-state index contributed by atoms with van der Waals surface area (Å²) in [7, 11) is 0. The number of ether oxygens (including phenoxy) is 1. The molecular formula is C24H24BrN7O3. The van der Waals surface area contributed by atoms with E-state index in [0.29, 0.717) is 17.0 Å². The molecule has 5 N–H and O–H groups in total. The highest BCUT2D eigenvalue weighted by atomic mass is 79.9. The van der Waals surface area contributed by atoms with Crippen molar-refractivity contribution in [3.63, 3.8) is 0 Å². The van der Waals surface area contributed by atoms with E-state index in [4.69, 9.17) is 4.74 Å². The van der Waals surface area contributed by atoms with Crippen LogP contribution in [-0.2, 0) is 0 Å². The number of carbonyl (C=O) groups is 2. The predicted molar refractivity (Wildman–Crippen MR) is 136 cm³/mol. The highest BCUT2D eigenvalue weighted by molar-refractivity contribution is 9.10. The van der Waals surface area contributed by atoms with Crippen molar-refractivity contribution in [1.82, 2.24) is 25.3 Å². The first-order valence-corrected chi connectivity index (χ1v) is 12.1. The van der Waals surface area contributed by atoms with Gasteiger partial charge in [-0.2, -0.15) is 0 Å². The number of halogens is 1. The number of amides is 2. The fourth-order valence-electron chi connectivity index (χ4n) is 3.97. The maximum atomic E-state index is 13.0. The van der Waals surface area contributed by atoms with Gasteiger partial charge in [-0.15, -0.1) is 0 Å². The van der Waals surface area contributed by atoms with Crippen LogP contribution in [-0.4, -0.2) is 50.9 Å². The number of fused-ring (bicyclic) bond motifs is 1. The smallest absolute Gasteiger partial charge is 0.276 e. The van der Waals surface area contributed by atoms with E-state index in [1.54, 1.807) is 6.07 Å². The summed E-state index contributed by atoms with van der Waals surface area (Å²) in [5.74, 6) is -0.134. The number of para-hydroxylation sites is 1. The highest BCUT2D eigenvalue weighted by Crippen LogP contribution is 2.27. The van der Waals surface area contributed by atoms with Gasteiger partial charge in [-0.05, 0) is 62.7 Å². The Morgan fingerprint density at radius 2 is 1.94 bits per heavy atom. The first-order chi connectivity index (χ1) is 17.0. The number of nitrogens with zero attached hydrogens (tertiary/aromatic N) is 2. The van der Waals surface area contributed by atoms with Crippen LogP contribution in [0.25, 0.3) is 11.0 Å². The van der Waals surface area contributed by atoms with Crippen molar-refractivity contribution in [2.75, 3.05) is 23.7 Å². The molecule has 2 amide bonds. The average Bonchev–Trinajstić information content (AvgIpc) is 3.50. The van der Waals surface area contributed by atoms with Gasteiger partial charge in [0.25, 0.3) is 11.8 Å². The summed E-state index contributed by atoms with van der Waals surface area (Å²) in [5.41, 5.74) is 2.88. The Balaban J connectivity index is 1.33. The largest absolute Gasteiger partial charge is 0.488 e. The number of aryl methyl sites for hydroxylation is 1. The second kappa shape index (κ2) is 9.88. The van der Waals surface area contributed by atoms with Crippen LogP contribution in [0.4, 0.5) is 11.6 Å². The molecule has 2 aromatic carbocycles. The van der Waals surface area contributed by atoms with E-state index in [9.17, 15) is 9.59 Å². The summed E-state index contributed by atoms with van der Waals surface area (Å²) in [5, 5.41) is 8.84. The van der Waals surface area contributed by atoms with Crippen LogP contribution in [0, 0.1) is 6.92 Å². The maximum Gasteiger partial charge on any atom is 0.276 e. The number of rotatable bonds is 6. The Kier molecular flexibility index (Phi) is 6.51. The number of benzene rings is 2. The zero-order valence-electron chi connectivity index (χ0n) is 18.9. The first-order valence-electron chi connectivity index (χ1n) is 11.3. The van der Waals surface area contributed by atoms with Crippen molar-refractivity contribution in [1.29, 1.82) is 0 Å². The number of aromatic amines is 2. The van der Waals surface area contributed by atoms with Crippen molar-refractivity contribution in [3.05, 3.63) is 64.1 Å². The molecule has 11 heteroatoms. The van der Waals surface area contributed by atoms with Gasteiger partial charge in [0.15, 0.2) is 5.69 Å². The van der Waals surface area contributed by atoms with Crippen molar-refractivity contribution in [2.24, 2.45) is 0 Å². The molecule has 35 heavy (non-hydrogen) atoms. The lowest BCUT2D eigenvalue weighted by molar-refractivity contribution is 0.0985. The van der Waals surface area contributed by atoms with Crippen LogP contribution >= 0.6 is 15.9 Å². The molecule has 0 radical (unpaired) electrons. The second-order valence-electron chi connectivity index (χ2n) is 8.30. The number of carbonyl (C=O) groups excluding carboxylic acids is 2. The van der Waals surface area contributed by atoms with Crippen LogP contribution in [0.1, 0.15) is 39.4 Å². The van der Waals surface area contributed by atoms with Gasteiger partial charge in [0, 0.05) is 10.2 Å². The minimum atomic E-state index is -0.543. The van der Waals surface area contributed by atoms with Crippen molar-refractivity contribution >= 4 is 50.4 Å². The summed E-state index contributed by atoms with van der Waals surface area (Å²) in [6.45, 7) is 3.72. The van der Waals surface area contributed by atoms with E-state index in [1.165, 1.54) is 6.33 Å². The van der Waals surface area contributed by atoms with E-state index in [-0.39, 0.29) is 23.4 Å². The zero-order chi connectivity index (χ0) is 24.4. The zero-order valence-corrected chi connectivity index (χ0v) is 20.5. The third kappa shape index (κ3) is 5.05. The van der Waals surface area contributed by atoms with Crippen molar-refractivity contribution in [3.8, 4) is 5.75 Å². The number of piperidine rings is 1. The van der Waals surface area contributed by atoms with Crippen LogP contribution in [0.15, 0.2) is 47.2 Å². The van der Waals surface area contributed by atoms with Gasteiger partial charge in [-0.3, -0.25) is 14.9 Å². The van der Waals surface area contributed by atoms with Gasteiger partial charge >= 0.3 is 0 Å². The minimum Gasteiger partial charge on any atom is -0.488 e. The number of H-pyrrole nitrogens is 2. The molecule has 1 fully saturated rings. The van der Waals surface area contributed by atoms with Crippen LogP contribution < -0.4 is 20.7 Å². The Morgan fingerprint density at radius 3 is 2.77 bits per heavy atom. The third-order valence-electron chi connectivity index (χ3n) is 5.82. The number of imidazole rings is 2. The molecule has 1 aliphatic rings. The summed E-state index contributed by atoms with van der Waals surface area (Å²) >= 11 is 3.40. The molecule has 0 saturated carbocycles. The van der Waals surface area contributed by atoms with E-state index < -0.39 is 11.8 Å². The van der Waals surface area contributed by atoms with Gasteiger partial charge in [0.1, 0.15) is 23.1 Å². The molecule has 0 atom stereocenters. The summed E-state index contributed by atoms with van der Waals surface area (Å²) in [6.07, 6.45) is 3.28. The van der Waals surface area contributed by atoms with Gasteiger partial charge in [-0.25, -0.2) is 9.97 Å². The van der Waals surface area contributed by atoms with Gasteiger partial charge in [0.2, 0.25) is 5.95 Å². The van der Waals surface area contributed by atoms with Crippen molar-refractivity contribution < 1.29 is 14.3 Å². The molecule has 1 aliphatic heterocycles. The van der Waals surface area contributed by atoms with Crippen LogP contribution in [0.3, 0.4) is 0 Å². The Morgan fingerprint density at radius 1 is 1.11 bits per heavy atom. The number of anilines is 2. The molecule has 10 nitrogen and oxygen atoms in total. The van der Waals surface area contributed by atoms with E-state index in [0.717, 1.165) is 41.5 Å². The summed E-state index contributed by atoms with van der Waals surface area (Å²) in [6, 6.07) is 11.2. The standard InChI is InChI=1S/C24H24BrN7O3/c1-13-5-6-14(25)11-17(13)29-22(33)20-21(28-12-27-20)23(34)32-24-30-16-3-2-4-18(19(16)31-24)35-15-7-9-26-10-8-15/h2-6,11-12,15,26H,7-10H2,1H3,(H,27,28)(H,29,33)(H2,30,31,32,34). The van der Waals surface area contributed by atoms with E-state index in [2.05, 4.69) is 51.8 Å². The molecule has 5 rings (SSSR count). The fraction of sp³-hybridized carbons (Fsp3) is 0.250. The molecule has 0 aliphatic carbocycles. The highest BCUT2D eigenvalue weighted by Gasteiger charge is 2.23.